The van der Waals surface area contributed by atoms with Gasteiger partial charge in [-0.15, -0.1) is 64.6 Å². The van der Waals surface area contributed by atoms with Gasteiger partial charge in [0.25, 0.3) is 0 Å². The average Bonchev–Trinajstić information content (AvgIpc) is 2.87. The summed E-state index contributed by atoms with van der Waals surface area (Å²) in [5.74, 6) is 0. The van der Waals surface area contributed by atoms with Gasteiger partial charge in [-0.3, -0.25) is 0 Å². The molecule has 0 aromatic heterocycles. The van der Waals surface area contributed by atoms with Gasteiger partial charge < -0.3 is 17.6 Å². The second-order valence-electron chi connectivity index (χ2n) is 3.87. The van der Waals surface area contributed by atoms with E-state index in [9.17, 15) is 0 Å². The predicted octanol–water partition coefficient (Wildman–Crippen LogP) is 3.47. The van der Waals surface area contributed by atoms with Crippen molar-refractivity contribution in [1.82, 2.24) is 0 Å². The van der Waals surface area contributed by atoms with E-state index in [4.69, 9.17) is 13.0 Å². The van der Waals surface area contributed by atoms with Crippen molar-refractivity contribution in [1.29, 1.82) is 0 Å². The van der Waals surface area contributed by atoms with Crippen LogP contribution in [0.5, 0.6) is 0 Å². The van der Waals surface area contributed by atoms with Crippen molar-refractivity contribution in [3.8, 4) is 0 Å². The SMILES string of the molecule is Cl.Cl.OCCO.[CH3-].[O]=[Zr]=[Si].c1ccc2c(c1)[cH-]c1ccccc12. The molecule has 0 bridgehead atoms. The number of aliphatic hydroxyl groups excluding tert-OH is 2. The summed E-state index contributed by atoms with van der Waals surface area (Å²) in [6.45, 7) is 2.55. The van der Waals surface area contributed by atoms with Crippen molar-refractivity contribution in [3.63, 3.8) is 0 Å². The minimum atomic E-state index is -1.21. The molecule has 0 spiro atoms. The molecule has 0 atom stereocenters. The summed E-state index contributed by atoms with van der Waals surface area (Å²) in [7, 11) is 0. The van der Waals surface area contributed by atoms with E-state index in [0.29, 0.717) is 0 Å². The van der Waals surface area contributed by atoms with Gasteiger partial charge in [-0.05, 0) is 0 Å². The van der Waals surface area contributed by atoms with Crippen molar-refractivity contribution < 1.29 is 34.9 Å². The topological polar surface area (TPSA) is 57.5 Å². The maximum Gasteiger partial charge on any atom is -0.0771 e. The molecule has 3 aromatic rings. The molecular weight excluding hydrogens is 430 g/mol. The molecule has 0 amide bonds. The van der Waals surface area contributed by atoms with Crippen LogP contribution in [0, 0.1) is 7.43 Å². The van der Waals surface area contributed by atoms with E-state index in [2.05, 4.69) is 61.5 Å². The van der Waals surface area contributed by atoms with Crippen LogP contribution in [-0.2, 0) is 24.7 Å². The van der Waals surface area contributed by atoms with Gasteiger partial charge in [-0.25, -0.2) is 0 Å². The molecule has 23 heavy (non-hydrogen) atoms. The zero-order valence-corrected chi connectivity index (χ0v) is 17.8. The van der Waals surface area contributed by atoms with Crippen molar-refractivity contribution in [2.45, 2.75) is 0 Å². The Bertz CT molecular complexity index is 645. The van der Waals surface area contributed by atoms with Crippen LogP contribution in [0.15, 0.2) is 54.6 Å². The molecule has 0 saturated heterocycles. The van der Waals surface area contributed by atoms with Crippen molar-refractivity contribution >= 4 is 53.2 Å². The van der Waals surface area contributed by atoms with E-state index in [1.807, 2.05) is 0 Å². The number of benzene rings is 2. The average molecular weight is 451 g/mol. The van der Waals surface area contributed by atoms with E-state index < -0.39 is 21.9 Å². The molecular formula is C16H20Cl2O3SiZr-2. The third-order valence-electron chi connectivity index (χ3n) is 2.62. The summed E-state index contributed by atoms with van der Waals surface area (Å²) in [5.41, 5.74) is 0. The Hall–Kier alpha value is -0.290. The van der Waals surface area contributed by atoms with Gasteiger partial charge in [0, 0.05) is 0 Å². The van der Waals surface area contributed by atoms with E-state index in [1.54, 1.807) is 0 Å². The van der Waals surface area contributed by atoms with Crippen LogP contribution in [0.25, 0.3) is 21.5 Å². The molecule has 3 nitrogen and oxygen atoms in total. The number of halogens is 2. The molecule has 0 aliphatic rings. The molecule has 7 heteroatoms. The fourth-order valence-corrected chi connectivity index (χ4v) is 1.90. The summed E-state index contributed by atoms with van der Waals surface area (Å²) in [6.07, 6.45) is 0. The molecule has 0 unspecified atom stereocenters. The quantitative estimate of drug-likeness (QED) is 0.441. The molecule has 2 radical (unpaired) electrons. The van der Waals surface area contributed by atoms with Crippen LogP contribution < -0.4 is 0 Å². The van der Waals surface area contributed by atoms with Gasteiger partial charge in [0.2, 0.25) is 0 Å². The number of aliphatic hydroxyl groups is 2. The molecule has 2 N–H and O–H groups in total. The molecule has 0 heterocycles. The van der Waals surface area contributed by atoms with Gasteiger partial charge in [0.15, 0.2) is 0 Å². The summed E-state index contributed by atoms with van der Waals surface area (Å²) in [4.78, 5) is 0. The first-order valence-corrected chi connectivity index (χ1v) is 11.3. The Morgan fingerprint density at radius 2 is 1.17 bits per heavy atom. The van der Waals surface area contributed by atoms with Crippen LogP contribution >= 0.6 is 24.8 Å². The molecule has 0 aliphatic heterocycles. The zero-order valence-electron chi connectivity index (χ0n) is 12.7. The largest absolute Gasteiger partial charge is 0.126 e. The Morgan fingerprint density at radius 3 is 1.48 bits per heavy atom. The number of rotatable bonds is 1. The summed E-state index contributed by atoms with van der Waals surface area (Å²) in [5, 5.41) is 20.6. The molecule has 3 aromatic carbocycles. The van der Waals surface area contributed by atoms with Crippen LogP contribution in [-0.4, -0.2) is 30.3 Å². The van der Waals surface area contributed by atoms with Gasteiger partial charge in [-0.2, -0.15) is 0 Å². The molecule has 3 rings (SSSR count). The van der Waals surface area contributed by atoms with Crippen molar-refractivity contribution in [2.75, 3.05) is 13.2 Å². The second-order valence-corrected chi connectivity index (χ2v) is 5.58. The minimum absolute atomic E-state index is 0. The monoisotopic (exact) mass is 448 g/mol. The summed E-state index contributed by atoms with van der Waals surface area (Å²) < 4.78 is 9.01. The fourth-order valence-electron chi connectivity index (χ4n) is 1.90. The smallest absolute Gasteiger partial charge is 0.0771 e. The van der Waals surface area contributed by atoms with E-state index in [0.717, 1.165) is 0 Å². The van der Waals surface area contributed by atoms with Gasteiger partial charge in [0.1, 0.15) is 0 Å². The molecule has 0 saturated carbocycles. The Balaban J connectivity index is -0.000000352. The number of hydrogen-bond donors (Lipinski definition) is 2. The number of hydrogen-bond acceptors (Lipinski definition) is 3. The normalized spacial score (nSPS) is 7.91. The first-order chi connectivity index (χ1) is 9.78. The molecule has 0 aliphatic carbocycles. The third kappa shape index (κ3) is 8.94. The minimum Gasteiger partial charge on any atom is -0.126 e. The first kappa shape index (κ1) is 27.6. The van der Waals surface area contributed by atoms with Crippen LogP contribution in [0.3, 0.4) is 0 Å². The Morgan fingerprint density at radius 1 is 0.870 bits per heavy atom. The van der Waals surface area contributed by atoms with Gasteiger partial charge >= 0.3 is 31.5 Å². The van der Waals surface area contributed by atoms with Gasteiger partial charge in [0.05, 0.1) is 13.2 Å². The molecule has 126 valence electrons. The van der Waals surface area contributed by atoms with Crippen LogP contribution in [0.1, 0.15) is 0 Å². The Kier molecular flexibility index (Phi) is 19.8. The van der Waals surface area contributed by atoms with E-state index in [1.165, 1.54) is 21.5 Å². The summed E-state index contributed by atoms with van der Waals surface area (Å²) in [6, 6.07) is 19.3. The van der Waals surface area contributed by atoms with Crippen molar-refractivity contribution in [3.05, 3.63) is 62.0 Å². The molecule has 0 fully saturated rings. The Labute approximate surface area is 162 Å². The van der Waals surface area contributed by atoms with Crippen LogP contribution in [0.2, 0.25) is 0 Å². The number of fused-ring (bicyclic) bond motifs is 3. The maximum atomic E-state index is 9.01. The fraction of sp³-hybridized carbons (Fsp3) is 0.125. The summed E-state index contributed by atoms with van der Waals surface area (Å²) >= 11 is -1.21. The standard InChI is InChI=1S/C13H9.C2H6O2.CH3.2ClH.O.Si.Zr/c1-3-7-12-10(5-1)9-11-6-2-4-8-13(11)12;3-1-2-4;;;;;;/h1-9H;3-4H,1-2H2;1H3;2*1H;;;/q-1;;-1;;;;;. The predicted molar refractivity (Wildman–Crippen MR) is 98.6 cm³/mol. The van der Waals surface area contributed by atoms with E-state index >= 15 is 0 Å². The van der Waals surface area contributed by atoms with E-state index in [-0.39, 0.29) is 45.5 Å². The third-order valence-corrected chi connectivity index (χ3v) is 2.62. The first-order valence-electron chi connectivity index (χ1n) is 6.07. The second kappa shape index (κ2) is 16.6. The van der Waals surface area contributed by atoms with Gasteiger partial charge in [-0.1, -0.05) is 36.4 Å². The maximum absolute atomic E-state index is 9.01. The van der Waals surface area contributed by atoms with Crippen molar-refractivity contribution in [2.24, 2.45) is 0 Å². The van der Waals surface area contributed by atoms with Crippen LogP contribution in [0.4, 0.5) is 0 Å². The zero-order chi connectivity index (χ0) is 14.8.